The topological polar surface area (TPSA) is 72.5 Å². The summed E-state index contributed by atoms with van der Waals surface area (Å²) in [6, 6.07) is -0.624. The summed E-state index contributed by atoms with van der Waals surface area (Å²) < 4.78 is 5.09. The van der Waals surface area contributed by atoms with Crippen molar-refractivity contribution < 1.29 is 19.1 Å². The highest BCUT2D eigenvalue weighted by Crippen LogP contribution is 2.77. The van der Waals surface area contributed by atoms with Crippen LogP contribution in [0.1, 0.15) is 120 Å². The predicted octanol–water partition coefficient (Wildman–Crippen LogP) is 7.53. The lowest BCUT2D eigenvalue weighted by Gasteiger charge is -2.72. The third kappa shape index (κ3) is 4.09. The van der Waals surface area contributed by atoms with Gasteiger partial charge in [-0.1, -0.05) is 60.6 Å². The smallest absolute Gasteiger partial charge is 0.328 e. The quantitative estimate of drug-likeness (QED) is 0.275. The van der Waals surface area contributed by atoms with Gasteiger partial charge in [-0.25, -0.2) is 4.79 Å². The van der Waals surface area contributed by atoms with Gasteiger partial charge >= 0.3 is 5.97 Å². The minimum Gasteiger partial charge on any atom is -0.467 e. The molecule has 0 aromatic rings. The second-order valence-corrected chi connectivity index (χ2v) is 16.7. The van der Waals surface area contributed by atoms with Gasteiger partial charge in [-0.2, -0.15) is 0 Å². The average molecular weight is 568 g/mol. The maximum Gasteiger partial charge on any atom is 0.328 e. The third-order valence-electron chi connectivity index (χ3n) is 14.7. The zero-order valence-electron chi connectivity index (χ0n) is 27.5. The molecule has 5 heteroatoms. The molecule has 41 heavy (non-hydrogen) atoms. The van der Waals surface area contributed by atoms with Crippen molar-refractivity contribution in [1.29, 1.82) is 0 Å². The number of amides is 1. The molecule has 5 fully saturated rings. The van der Waals surface area contributed by atoms with E-state index in [0.717, 1.165) is 44.9 Å². The number of ether oxygens (including phenoxy) is 1. The van der Waals surface area contributed by atoms with Gasteiger partial charge in [-0.3, -0.25) is 9.59 Å². The van der Waals surface area contributed by atoms with Crippen LogP contribution >= 0.6 is 0 Å². The number of carbonyl (C=O) groups excluding carboxylic acids is 3. The lowest BCUT2D eigenvalue weighted by molar-refractivity contribution is -0.233. The van der Waals surface area contributed by atoms with Crippen molar-refractivity contribution in [2.24, 2.45) is 62.6 Å². The van der Waals surface area contributed by atoms with Gasteiger partial charge in [0.1, 0.15) is 11.8 Å². The number of carbonyl (C=O) groups is 3. The first-order valence-corrected chi connectivity index (χ1v) is 16.6. The average Bonchev–Trinajstić information content (AvgIpc) is 3.30. The molecule has 1 N–H and O–H groups in total. The van der Waals surface area contributed by atoms with Crippen molar-refractivity contribution in [3.05, 3.63) is 12.2 Å². The number of hydrogen-bond acceptors (Lipinski definition) is 4. The van der Waals surface area contributed by atoms with Crippen LogP contribution in [0.3, 0.4) is 0 Å². The number of methoxy groups -OCH3 is 1. The fourth-order valence-corrected chi connectivity index (χ4v) is 12.2. The summed E-state index contributed by atoms with van der Waals surface area (Å²) in [5.74, 6) is 2.19. The summed E-state index contributed by atoms with van der Waals surface area (Å²) in [6.07, 6.45) is 10.1. The van der Waals surface area contributed by atoms with E-state index < -0.39 is 11.5 Å². The number of allylic oxidation sites excluding steroid dienone is 1. The first-order chi connectivity index (χ1) is 19.0. The Morgan fingerprint density at radius 1 is 0.902 bits per heavy atom. The van der Waals surface area contributed by atoms with Gasteiger partial charge in [0, 0.05) is 11.8 Å². The van der Waals surface area contributed by atoms with E-state index in [1.54, 1.807) is 0 Å². The fourth-order valence-electron chi connectivity index (χ4n) is 12.2. The van der Waals surface area contributed by atoms with Crippen LogP contribution in [-0.2, 0) is 19.1 Å². The van der Waals surface area contributed by atoms with Crippen molar-refractivity contribution in [2.45, 2.75) is 126 Å². The van der Waals surface area contributed by atoms with Crippen LogP contribution in [0.25, 0.3) is 0 Å². The van der Waals surface area contributed by atoms with Crippen molar-refractivity contribution in [2.75, 3.05) is 7.11 Å². The Kier molecular flexibility index (Phi) is 7.47. The van der Waals surface area contributed by atoms with E-state index in [1.807, 2.05) is 13.8 Å². The number of esters is 1. The lowest BCUT2D eigenvalue weighted by Crippen LogP contribution is -2.67. The van der Waals surface area contributed by atoms with Gasteiger partial charge in [-0.15, -0.1) is 0 Å². The van der Waals surface area contributed by atoms with Gasteiger partial charge in [-0.05, 0) is 116 Å². The Morgan fingerprint density at radius 2 is 1.59 bits per heavy atom. The lowest BCUT2D eigenvalue weighted by atomic mass is 9.32. The van der Waals surface area contributed by atoms with Crippen LogP contribution in [0.4, 0.5) is 0 Å². The summed E-state index contributed by atoms with van der Waals surface area (Å²) in [7, 11) is 1.40. The molecule has 0 aromatic carbocycles. The molecule has 5 saturated carbocycles. The molecular formula is C36H57NO4. The van der Waals surface area contributed by atoms with E-state index in [4.69, 9.17) is 4.74 Å². The van der Waals surface area contributed by atoms with Crippen LogP contribution in [0.5, 0.6) is 0 Å². The summed E-state index contributed by atoms with van der Waals surface area (Å²) in [6.45, 7) is 22.7. The molecule has 0 radical (unpaired) electrons. The minimum atomic E-state index is -0.624. The molecule has 10 atom stereocenters. The number of fused-ring (bicyclic) bond motifs is 7. The Hall–Kier alpha value is -1.65. The molecular weight excluding hydrogens is 510 g/mol. The second kappa shape index (κ2) is 9.94. The van der Waals surface area contributed by atoms with Crippen LogP contribution in [-0.4, -0.2) is 30.8 Å². The van der Waals surface area contributed by atoms with Crippen LogP contribution < -0.4 is 5.32 Å². The first-order valence-electron chi connectivity index (χ1n) is 16.6. The highest BCUT2D eigenvalue weighted by molar-refractivity contribution is 5.89. The summed E-state index contributed by atoms with van der Waals surface area (Å²) in [5, 5.41) is 3.21. The van der Waals surface area contributed by atoms with E-state index in [9.17, 15) is 14.4 Å². The summed E-state index contributed by atoms with van der Waals surface area (Å²) >= 11 is 0. The van der Waals surface area contributed by atoms with Crippen molar-refractivity contribution in [3.8, 4) is 0 Å². The molecule has 0 saturated heterocycles. The molecule has 5 aliphatic carbocycles. The molecule has 0 aliphatic heterocycles. The second-order valence-electron chi connectivity index (χ2n) is 16.7. The monoisotopic (exact) mass is 567 g/mol. The van der Waals surface area contributed by atoms with E-state index in [0.29, 0.717) is 35.9 Å². The highest BCUT2D eigenvalue weighted by Gasteiger charge is 2.72. The molecule has 5 aliphatic rings. The molecule has 4 unspecified atom stereocenters. The molecule has 230 valence electrons. The number of nitrogens with one attached hydrogen (secondary N) is 1. The van der Waals surface area contributed by atoms with Gasteiger partial charge in [0.05, 0.1) is 12.5 Å². The van der Waals surface area contributed by atoms with Gasteiger partial charge in [0.2, 0.25) is 5.91 Å². The normalized spacial score (nSPS) is 45.5. The molecule has 0 bridgehead atoms. The number of ketones is 1. The molecule has 0 spiro atoms. The minimum absolute atomic E-state index is 0.0367. The van der Waals surface area contributed by atoms with Crippen molar-refractivity contribution in [1.82, 2.24) is 5.32 Å². The van der Waals surface area contributed by atoms with Crippen molar-refractivity contribution >= 4 is 17.7 Å². The summed E-state index contributed by atoms with van der Waals surface area (Å²) in [4.78, 5) is 40.1. The standard InChI is InChI=1S/C36H57NO4/c1-21(2)23-13-18-36(31(40)37-29(22(3)4)30(39)41-10)20-19-34(8)24(28(23)36)11-12-26-33(7)16-15-27(38)32(5,6)25(33)14-17-35(26,34)9/h22-26,28-29H,1,11-20H2,2-10H3,(H,37,40)/t23-,24?,25?,26?,28?,29-,33-,34-,35+,36-/m0/s1. The van der Waals surface area contributed by atoms with Gasteiger partial charge in [0.25, 0.3) is 0 Å². The molecule has 0 aromatic heterocycles. The maximum atomic E-state index is 14.4. The molecule has 1 amide bonds. The van der Waals surface area contributed by atoms with E-state index in [-0.39, 0.29) is 45.4 Å². The molecule has 5 nitrogen and oxygen atoms in total. The fraction of sp³-hybridized carbons (Fsp3) is 0.861. The van der Waals surface area contributed by atoms with E-state index >= 15 is 0 Å². The molecule has 5 rings (SSSR count). The zero-order valence-corrected chi connectivity index (χ0v) is 27.5. The maximum absolute atomic E-state index is 14.4. The third-order valence-corrected chi connectivity index (χ3v) is 14.7. The highest BCUT2D eigenvalue weighted by atomic mass is 16.5. The molecule has 0 heterocycles. The van der Waals surface area contributed by atoms with E-state index in [2.05, 4.69) is 53.4 Å². The SMILES string of the molecule is C=C(C)[C@@H]1CC[C@]2(C(=O)N[C@H](C(=O)OC)C(C)C)CC[C@@]3(C)C(CCC4[C@@]5(C)CCC(=O)C(C)(C)C5CC[C@]43C)C12. The predicted molar refractivity (Wildman–Crippen MR) is 163 cm³/mol. The first kappa shape index (κ1) is 30.8. The number of rotatable bonds is 5. The largest absolute Gasteiger partial charge is 0.467 e. The number of hydrogen-bond donors (Lipinski definition) is 1. The Labute approximate surface area is 249 Å². The Bertz CT molecular complexity index is 1120. The zero-order chi connectivity index (χ0) is 30.3. The van der Waals surface area contributed by atoms with Gasteiger partial charge < -0.3 is 10.1 Å². The van der Waals surface area contributed by atoms with Crippen LogP contribution in [0.15, 0.2) is 12.2 Å². The number of Topliss-reactive ketones (excluding diaryl/α,β-unsaturated/α-hetero) is 1. The van der Waals surface area contributed by atoms with Crippen molar-refractivity contribution in [3.63, 3.8) is 0 Å². The van der Waals surface area contributed by atoms with Gasteiger partial charge in [0.15, 0.2) is 0 Å². The summed E-state index contributed by atoms with van der Waals surface area (Å²) in [5.41, 5.74) is 0.987. The Morgan fingerprint density at radius 3 is 2.20 bits per heavy atom. The van der Waals surface area contributed by atoms with E-state index in [1.165, 1.54) is 25.5 Å². The van der Waals surface area contributed by atoms with Crippen LogP contribution in [0, 0.1) is 62.6 Å². The Balaban J connectivity index is 1.52. The van der Waals surface area contributed by atoms with Crippen LogP contribution in [0.2, 0.25) is 0 Å².